The lowest BCUT2D eigenvalue weighted by molar-refractivity contribution is -0.122. The Bertz CT molecular complexity index is 499. The number of amides is 1. The van der Waals surface area contributed by atoms with Crippen LogP contribution in [0.5, 0.6) is 0 Å². The van der Waals surface area contributed by atoms with E-state index in [1.54, 1.807) is 0 Å². The second kappa shape index (κ2) is 6.83. The van der Waals surface area contributed by atoms with Crippen molar-refractivity contribution in [3.63, 3.8) is 0 Å². The molecule has 116 valence electrons. The molecule has 0 spiro atoms. The fourth-order valence-electron chi connectivity index (χ4n) is 2.80. The van der Waals surface area contributed by atoms with E-state index in [-0.39, 0.29) is 11.9 Å². The highest BCUT2D eigenvalue weighted by Gasteiger charge is 2.25. The Kier molecular flexibility index (Phi) is 5.10. The van der Waals surface area contributed by atoms with Crippen molar-refractivity contribution in [2.75, 3.05) is 23.7 Å². The maximum Gasteiger partial charge on any atom is 0.242 e. The molecule has 0 bridgehead atoms. The lowest BCUT2D eigenvalue weighted by Crippen LogP contribution is -2.47. The van der Waals surface area contributed by atoms with E-state index in [0.29, 0.717) is 5.92 Å². The molecule has 0 aliphatic carbocycles. The van der Waals surface area contributed by atoms with Gasteiger partial charge in [0.05, 0.1) is 0 Å². The zero-order valence-electron chi connectivity index (χ0n) is 13.4. The fourth-order valence-corrected chi connectivity index (χ4v) is 2.80. The van der Waals surface area contributed by atoms with E-state index in [2.05, 4.69) is 30.1 Å². The van der Waals surface area contributed by atoms with E-state index in [1.807, 2.05) is 19.1 Å². The monoisotopic (exact) mass is 289 g/mol. The van der Waals surface area contributed by atoms with E-state index in [4.69, 9.17) is 5.73 Å². The van der Waals surface area contributed by atoms with E-state index >= 15 is 0 Å². The van der Waals surface area contributed by atoms with Gasteiger partial charge in [0.1, 0.15) is 6.04 Å². The van der Waals surface area contributed by atoms with Crippen LogP contribution >= 0.6 is 0 Å². The quantitative estimate of drug-likeness (QED) is 0.819. The molecule has 0 aromatic heterocycles. The Hall–Kier alpha value is -1.71. The van der Waals surface area contributed by atoms with Crippen LogP contribution in [0.4, 0.5) is 11.4 Å². The summed E-state index contributed by atoms with van der Waals surface area (Å²) in [5, 5.41) is 3.04. The van der Waals surface area contributed by atoms with Crippen molar-refractivity contribution in [2.45, 2.75) is 46.1 Å². The van der Waals surface area contributed by atoms with Gasteiger partial charge in [-0.25, -0.2) is 0 Å². The van der Waals surface area contributed by atoms with Crippen molar-refractivity contribution in [1.29, 1.82) is 0 Å². The van der Waals surface area contributed by atoms with Gasteiger partial charge < -0.3 is 16.0 Å². The van der Waals surface area contributed by atoms with Gasteiger partial charge in [-0.1, -0.05) is 19.9 Å². The van der Waals surface area contributed by atoms with Gasteiger partial charge in [0.25, 0.3) is 0 Å². The first-order valence-corrected chi connectivity index (χ1v) is 7.91. The summed E-state index contributed by atoms with van der Waals surface area (Å²) >= 11 is 0. The topological polar surface area (TPSA) is 58.4 Å². The molecule has 0 radical (unpaired) electrons. The molecule has 1 heterocycles. The summed E-state index contributed by atoms with van der Waals surface area (Å²) in [6, 6.07) is 5.86. The zero-order chi connectivity index (χ0) is 15.4. The number of nitrogens with two attached hydrogens (primary N) is 1. The smallest absolute Gasteiger partial charge is 0.242 e. The van der Waals surface area contributed by atoms with E-state index in [1.165, 1.54) is 5.56 Å². The summed E-state index contributed by atoms with van der Waals surface area (Å²) in [5.74, 6) is 0.710. The largest absolute Gasteiger partial charge is 0.399 e. The number of nitrogens with one attached hydrogen (secondary N) is 1. The SMILES string of the molecule is CC(C)CCNC(=O)C(C)N1CCCc2ccc(N)cc21. The van der Waals surface area contributed by atoms with Crippen molar-refractivity contribution in [3.8, 4) is 0 Å². The van der Waals surface area contributed by atoms with Crippen LogP contribution in [0.1, 0.15) is 39.2 Å². The maximum atomic E-state index is 12.3. The number of aryl methyl sites for hydroxylation is 1. The van der Waals surface area contributed by atoms with E-state index in [0.717, 1.165) is 43.7 Å². The first-order chi connectivity index (χ1) is 9.99. The average Bonchev–Trinajstić information content (AvgIpc) is 2.45. The number of hydrogen-bond donors (Lipinski definition) is 2. The third-order valence-corrected chi connectivity index (χ3v) is 4.13. The van der Waals surface area contributed by atoms with Crippen LogP contribution in [0, 0.1) is 5.92 Å². The molecule has 0 saturated heterocycles. The number of rotatable bonds is 5. The normalized spacial score (nSPS) is 15.7. The van der Waals surface area contributed by atoms with Crippen molar-refractivity contribution in [1.82, 2.24) is 5.32 Å². The highest BCUT2D eigenvalue weighted by molar-refractivity contribution is 5.85. The molecule has 1 aliphatic rings. The van der Waals surface area contributed by atoms with Crippen LogP contribution in [-0.4, -0.2) is 25.0 Å². The molecular formula is C17H27N3O. The Morgan fingerprint density at radius 3 is 2.86 bits per heavy atom. The summed E-state index contributed by atoms with van der Waals surface area (Å²) in [5.41, 5.74) is 9.07. The number of fused-ring (bicyclic) bond motifs is 1. The Balaban J connectivity index is 2.05. The van der Waals surface area contributed by atoms with Gasteiger partial charge in [-0.2, -0.15) is 0 Å². The Labute approximate surface area is 127 Å². The average molecular weight is 289 g/mol. The number of carbonyl (C=O) groups excluding carboxylic acids is 1. The molecule has 1 aromatic rings. The predicted molar refractivity (Wildman–Crippen MR) is 88.4 cm³/mol. The second-order valence-electron chi connectivity index (χ2n) is 6.33. The molecule has 0 saturated carbocycles. The maximum absolute atomic E-state index is 12.3. The van der Waals surface area contributed by atoms with Gasteiger partial charge in [0.15, 0.2) is 0 Å². The van der Waals surface area contributed by atoms with E-state index < -0.39 is 0 Å². The standard InChI is InChI=1S/C17H27N3O/c1-12(2)8-9-19-17(21)13(3)20-10-4-5-14-6-7-15(18)11-16(14)20/h6-7,11-13H,4-5,8-10,18H2,1-3H3,(H,19,21). The summed E-state index contributed by atoms with van der Waals surface area (Å²) in [4.78, 5) is 14.5. The highest BCUT2D eigenvalue weighted by atomic mass is 16.2. The minimum Gasteiger partial charge on any atom is -0.399 e. The number of carbonyl (C=O) groups is 1. The van der Waals surface area contributed by atoms with Gasteiger partial charge in [-0.3, -0.25) is 4.79 Å². The minimum atomic E-state index is -0.155. The second-order valence-corrected chi connectivity index (χ2v) is 6.33. The van der Waals surface area contributed by atoms with Gasteiger partial charge >= 0.3 is 0 Å². The van der Waals surface area contributed by atoms with Gasteiger partial charge in [-0.05, 0) is 49.8 Å². The zero-order valence-corrected chi connectivity index (χ0v) is 13.4. The van der Waals surface area contributed by atoms with E-state index in [9.17, 15) is 4.79 Å². The van der Waals surface area contributed by atoms with Crippen LogP contribution < -0.4 is 16.0 Å². The van der Waals surface area contributed by atoms with Gasteiger partial charge in [-0.15, -0.1) is 0 Å². The van der Waals surface area contributed by atoms with Crippen LogP contribution in [0.15, 0.2) is 18.2 Å². The number of benzene rings is 1. The van der Waals surface area contributed by atoms with Crippen LogP contribution in [0.3, 0.4) is 0 Å². The fraction of sp³-hybridized carbons (Fsp3) is 0.588. The molecule has 4 nitrogen and oxygen atoms in total. The Morgan fingerprint density at radius 2 is 2.14 bits per heavy atom. The number of anilines is 2. The molecule has 4 heteroatoms. The molecule has 0 fully saturated rings. The van der Waals surface area contributed by atoms with Crippen molar-refractivity contribution >= 4 is 17.3 Å². The van der Waals surface area contributed by atoms with Crippen molar-refractivity contribution < 1.29 is 4.79 Å². The van der Waals surface area contributed by atoms with Crippen LogP contribution in [-0.2, 0) is 11.2 Å². The van der Waals surface area contributed by atoms with Crippen LogP contribution in [0.25, 0.3) is 0 Å². The molecule has 1 aliphatic heterocycles. The molecule has 1 atom stereocenters. The number of hydrogen-bond acceptors (Lipinski definition) is 3. The minimum absolute atomic E-state index is 0.103. The summed E-state index contributed by atoms with van der Waals surface area (Å²) in [6.07, 6.45) is 3.16. The summed E-state index contributed by atoms with van der Waals surface area (Å²) < 4.78 is 0. The predicted octanol–water partition coefficient (Wildman–Crippen LogP) is 2.57. The molecule has 1 aromatic carbocycles. The number of nitrogens with zero attached hydrogens (tertiary/aromatic N) is 1. The summed E-state index contributed by atoms with van der Waals surface area (Å²) in [7, 11) is 0. The summed E-state index contributed by atoms with van der Waals surface area (Å²) in [6.45, 7) is 7.97. The van der Waals surface area contributed by atoms with Crippen molar-refractivity contribution in [3.05, 3.63) is 23.8 Å². The molecule has 1 unspecified atom stereocenters. The third kappa shape index (κ3) is 3.90. The first kappa shape index (κ1) is 15.7. The Morgan fingerprint density at radius 1 is 1.38 bits per heavy atom. The van der Waals surface area contributed by atoms with Gasteiger partial charge in [0, 0.05) is 24.5 Å². The molecular weight excluding hydrogens is 262 g/mol. The molecule has 21 heavy (non-hydrogen) atoms. The third-order valence-electron chi connectivity index (χ3n) is 4.13. The molecule has 2 rings (SSSR count). The molecule has 3 N–H and O–H groups in total. The first-order valence-electron chi connectivity index (χ1n) is 7.91. The van der Waals surface area contributed by atoms with Crippen molar-refractivity contribution in [2.24, 2.45) is 5.92 Å². The lowest BCUT2D eigenvalue weighted by Gasteiger charge is -2.35. The number of nitrogen functional groups attached to an aromatic ring is 1. The highest BCUT2D eigenvalue weighted by Crippen LogP contribution is 2.30. The lowest BCUT2D eigenvalue weighted by atomic mass is 9.99. The molecule has 1 amide bonds. The van der Waals surface area contributed by atoms with Gasteiger partial charge in [0.2, 0.25) is 5.91 Å². The van der Waals surface area contributed by atoms with Crippen LogP contribution in [0.2, 0.25) is 0 Å².